The third-order valence-corrected chi connectivity index (χ3v) is 10.5. The van der Waals surface area contributed by atoms with E-state index in [1.165, 1.54) is 19.0 Å². The first-order chi connectivity index (χ1) is 30.2. The topological polar surface area (TPSA) is 225 Å². The number of carbonyl (C=O) groups is 1. The summed E-state index contributed by atoms with van der Waals surface area (Å²) in [6.45, 7) is 8.00. The number of anilines is 1. The fourth-order valence-electron chi connectivity index (χ4n) is 6.53. The van der Waals surface area contributed by atoms with Crippen LogP contribution in [0.4, 0.5) is 24.8 Å². The van der Waals surface area contributed by atoms with E-state index in [1.807, 2.05) is 10.8 Å². The summed E-state index contributed by atoms with van der Waals surface area (Å²) >= 11 is 0. The third kappa shape index (κ3) is 13.0. The van der Waals surface area contributed by atoms with E-state index in [1.54, 1.807) is 47.2 Å². The molecular weight excluding hydrogens is 884 g/mol. The van der Waals surface area contributed by atoms with Gasteiger partial charge in [0.2, 0.25) is 0 Å². The minimum absolute atomic E-state index is 0.122. The summed E-state index contributed by atoms with van der Waals surface area (Å²) in [5, 5.41) is 12.6. The first-order valence-electron chi connectivity index (χ1n) is 19.2. The molecule has 6 rings (SSSR count). The van der Waals surface area contributed by atoms with Gasteiger partial charge in [0.05, 0.1) is 87.5 Å². The van der Waals surface area contributed by atoms with Crippen molar-refractivity contribution in [2.24, 2.45) is 10.7 Å². The highest BCUT2D eigenvalue weighted by Gasteiger charge is 2.40. The SMILES string of the molecule is C=CCOC1CC(n2cc(C#CCN)c3c(N)ncnc32)OC1COP(P)P.C=CCOC1CC(n2cc(C#CCNC(=O)C(F)(F)F)c3c(N=CN(C)C)ncnc32)OC1CO. The minimum Gasteiger partial charge on any atom is -0.394 e. The molecule has 18 nitrogen and oxygen atoms in total. The second-order valence-electron chi connectivity index (χ2n) is 13.8. The number of ether oxygens (including phenoxy) is 4. The summed E-state index contributed by atoms with van der Waals surface area (Å²) in [6, 6.07) is 0. The van der Waals surface area contributed by atoms with E-state index in [2.05, 4.69) is 79.6 Å². The lowest BCUT2D eigenvalue weighted by atomic mass is 10.2. The number of amides is 1. The van der Waals surface area contributed by atoms with E-state index >= 15 is 0 Å². The van der Waals surface area contributed by atoms with Crippen LogP contribution in [0.3, 0.4) is 0 Å². The van der Waals surface area contributed by atoms with Gasteiger partial charge in [0.15, 0.2) is 5.82 Å². The molecule has 24 heteroatoms. The van der Waals surface area contributed by atoms with Crippen molar-refractivity contribution in [3.05, 3.63) is 61.5 Å². The fourth-order valence-corrected chi connectivity index (χ4v) is 7.37. The number of nitrogens with zero attached hydrogens (tertiary/aromatic N) is 8. The smallest absolute Gasteiger partial charge is 0.394 e. The summed E-state index contributed by atoms with van der Waals surface area (Å²) in [6.07, 6.45) is 5.05. The van der Waals surface area contributed by atoms with E-state index in [4.69, 9.17) is 34.9 Å². The number of hydrogen-bond acceptors (Lipinski definition) is 14. The van der Waals surface area contributed by atoms with Crippen molar-refractivity contribution in [2.45, 2.75) is 55.9 Å². The Labute approximate surface area is 367 Å². The van der Waals surface area contributed by atoms with Gasteiger partial charge >= 0.3 is 12.1 Å². The molecule has 6 heterocycles. The number of aliphatic imine (C=N–C) groups is 1. The lowest BCUT2D eigenvalue weighted by Crippen LogP contribution is -2.36. The zero-order valence-corrected chi connectivity index (χ0v) is 37.6. The molecule has 0 radical (unpaired) electrons. The zero-order valence-electron chi connectivity index (χ0n) is 34.4. The van der Waals surface area contributed by atoms with E-state index < -0.39 is 38.5 Å². The van der Waals surface area contributed by atoms with Gasteiger partial charge in [0, 0.05) is 39.3 Å². The standard InChI is InChI=1S/C22H25F3N6O4.C17H24N5O3P3/c1-4-8-34-15-9-17(35-16(15)11-32)31-10-14(6-5-7-26-21(33)22(23,24)25)18-19(29-13-30(2)3)27-12-28-20(18)31;1-2-6-23-12-7-14(25-13(12)9-24-28(26)27)22-8-11(4-3-5-18)15-16(19)20-10-21-17(15)22/h4,10,12-13,15-17,32H,1,7-9,11H2,2-3H3,(H,26,33);2,8,10,12-14H,1,5-7,9,18,26-27H2,(H2,19,20,21). The predicted octanol–water partition coefficient (Wildman–Crippen LogP) is 3.71. The Hall–Kier alpha value is -4.62. The highest BCUT2D eigenvalue weighted by Crippen LogP contribution is 2.54. The average Bonchev–Trinajstić information content (AvgIpc) is 4.04. The number of nitrogens with one attached hydrogen (secondary N) is 1. The quantitative estimate of drug-likeness (QED) is 0.0439. The van der Waals surface area contributed by atoms with Crippen LogP contribution in [0, 0.1) is 23.7 Å². The number of alkyl halides is 3. The number of nitrogen functional groups attached to an aromatic ring is 1. The van der Waals surface area contributed by atoms with Gasteiger partial charge in [-0.15, -0.1) is 13.2 Å². The lowest BCUT2D eigenvalue weighted by molar-refractivity contribution is -0.173. The molecule has 0 saturated carbocycles. The van der Waals surface area contributed by atoms with Crippen LogP contribution < -0.4 is 16.8 Å². The molecule has 338 valence electrons. The number of fused-ring (bicyclic) bond motifs is 2. The minimum atomic E-state index is -4.99. The number of hydrogen-bond donors (Lipinski definition) is 4. The Morgan fingerprint density at radius 1 is 1.00 bits per heavy atom. The van der Waals surface area contributed by atoms with Crippen LogP contribution in [0.1, 0.15) is 36.4 Å². The molecule has 0 aromatic carbocycles. The second kappa shape index (κ2) is 23.4. The van der Waals surface area contributed by atoms with Crippen LogP contribution in [-0.4, -0.2) is 136 Å². The number of halogens is 3. The average molecular weight is 934 g/mol. The Bertz CT molecular complexity index is 2380. The Morgan fingerprint density at radius 2 is 1.57 bits per heavy atom. The van der Waals surface area contributed by atoms with E-state index in [0.717, 1.165) is 5.56 Å². The Morgan fingerprint density at radius 3 is 2.14 bits per heavy atom. The lowest BCUT2D eigenvalue weighted by Gasteiger charge is -2.19. The molecular formula is C39H49F3N11O7P3. The molecule has 6 N–H and O–H groups in total. The predicted molar refractivity (Wildman–Crippen MR) is 239 cm³/mol. The third-order valence-electron chi connectivity index (χ3n) is 9.19. The largest absolute Gasteiger partial charge is 0.471 e. The van der Waals surface area contributed by atoms with Crippen LogP contribution >= 0.6 is 25.4 Å². The van der Waals surface area contributed by atoms with Crippen LogP contribution in [0.25, 0.3) is 22.1 Å². The number of aliphatic hydroxyl groups is 1. The van der Waals surface area contributed by atoms with Gasteiger partial charge in [0.1, 0.15) is 54.4 Å². The van der Waals surface area contributed by atoms with Gasteiger partial charge in [-0.25, -0.2) is 24.9 Å². The van der Waals surface area contributed by atoms with Gasteiger partial charge in [0.25, 0.3) is 0 Å². The van der Waals surface area contributed by atoms with Crippen LogP contribution in [0.15, 0.2) is 55.4 Å². The van der Waals surface area contributed by atoms with Crippen molar-refractivity contribution in [1.82, 2.24) is 39.3 Å². The molecule has 63 heavy (non-hydrogen) atoms. The normalized spacial score (nSPS) is 20.9. The van der Waals surface area contributed by atoms with Crippen molar-refractivity contribution >= 4 is 71.3 Å². The summed E-state index contributed by atoms with van der Waals surface area (Å²) in [5.41, 5.74) is 13.8. The van der Waals surface area contributed by atoms with Gasteiger partial charge in [-0.05, 0) is 0 Å². The molecule has 2 fully saturated rings. The molecule has 4 aromatic rings. The molecule has 0 spiro atoms. The summed E-state index contributed by atoms with van der Waals surface area (Å²) in [7, 11) is 8.19. The monoisotopic (exact) mass is 933 g/mol. The molecule has 1 amide bonds. The molecule has 2 aliphatic rings. The van der Waals surface area contributed by atoms with E-state index in [9.17, 15) is 23.1 Å². The van der Waals surface area contributed by atoms with Crippen molar-refractivity contribution in [2.75, 3.05) is 59.3 Å². The molecule has 8 atom stereocenters. The van der Waals surface area contributed by atoms with Crippen molar-refractivity contribution < 1.29 is 46.5 Å². The van der Waals surface area contributed by atoms with Crippen LogP contribution in [-0.2, 0) is 28.3 Å². The van der Waals surface area contributed by atoms with Crippen molar-refractivity contribution in [3.63, 3.8) is 0 Å². The maximum atomic E-state index is 12.4. The second-order valence-corrected chi connectivity index (χ2v) is 19.7. The highest BCUT2D eigenvalue weighted by atomic mass is 32.4. The first kappa shape index (κ1) is 49.4. The first-order valence-corrected chi connectivity index (χ1v) is 23.7. The number of carbonyl (C=O) groups excluding carboxylic acids is 1. The fraction of sp³-hybridized carbons (Fsp3) is 0.436. The summed E-state index contributed by atoms with van der Waals surface area (Å²) < 4.78 is 70.5. The Kier molecular flexibility index (Phi) is 18.3. The van der Waals surface area contributed by atoms with Crippen molar-refractivity contribution in [3.8, 4) is 23.7 Å². The number of aliphatic hydroxyl groups excluding tert-OH is 1. The molecule has 4 aromatic heterocycles. The van der Waals surface area contributed by atoms with Crippen molar-refractivity contribution in [1.29, 1.82) is 0 Å². The maximum absolute atomic E-state index is 12.4. The molecule has 0 bridgehead atoms. The highest BCUT2D eigenvalue weighted by molar-refractivity contribution is 8.41. The number of aromatic nitrogens is 6. The molecule has 2 saturated heterocycles. The van der Waals surface area contributed by atoms with Gasteiger partial charge in [-0.1, -0.05) is 53.7 Å². The number of nitrogens with two attached hydrogens (primary N) is 2. The Balaban J connectivity index is 0.000000243. The van der Waals surface area contributed by atoms with Gasteiger partial charge < -0.3 is 59.4 Å². The number of rotatable bonds is 15. The van der Waals surface area contributed by atoms with Gasteiger partial charge in [-0.2, -0.15) is 13.2 Å². The van der Waals surface area contributed by atoms with E-state index in [-0.39, 0.29) is 44.3 Å². The van der Waals surface area contributed by atoms with Crippen LogP contribution in [0.2, 0.25) is 0 Å². The molecule has 2 aliphatic heterocycles. The summed E-state index contributed by atoms with van der Waals surface area (Å²) in [5.74, 6) is 9.79. The molecule has 0 aliphatic carbocycles. The summed E-state index contributed by atoms with van der Waals surface area (Å²) in [4.78, 5) is 34.1. The van der Waals surface area contributed by atoms with Gasteiger partial charge in [-0.3, -0.25) is 4.79 Å². The van der Waals surface area contributed by atoms with Crippen LogP contribution in [0.5, 0.6) is 0 Å². The molecule has 8 unspecified atom stereocenters. The maximum Gasteiger partial charge on any atom is 0.471 e. The van der Waals surface area contributed by atoms with E-state index in [0.29, 0.717) is 65.3 Å². The zero-order chi connectivity index (χ0) is 45.7.